The van der Waals surface area contributed by atoms with E-state index < -0.39 is 13.7 Å². The van der Waals surface area contributed by atoms with Crippen LogP contribution in [0.3, 0.4) is 0 Å². The molecule has 0 bridgehead atoms. The predicted molar refractivity (Wildman–Crippen MR) is 106 cm³/mol. The Morgan fingerprint density at radius 2 is 2.12 bits per heavy atom. The standard InChI is InChI=1S/C19H27ClN2O3Si/c1-19(2,3)25-18(23)22-9-7-15(22)13-24-16-11-14(17(20)21-12-16)8-10-26(4,5)6/h11-12,15H,7,9,13H2,1-6H3/t15-/m0/s1. The van der Waals surface area contributed by atoms with E-state index in [-0.39, 0.29) is 12.1 Å². The van der Waals surface area contributed by atoms with Gasteiger partial charge < -0.3 is 14.4 Å². The summed E-state index contributed by atoms with van der Waals surface area (Å²) in [5, 5.41) is 0.377. The van der Waals surface area contributed by atoms with Gasteiger partial charge >= 0.3 is 6.09 Å². The molecule has 1 fully saturated rings. The van der Waals surface area contributed by atoms with Crippen molar-refractivity contribution >= 4 is 25.8 Å². The van der Waals surface area contributed by atoms with E-state index in [1.807, 2.05) is 20.8 Å². The van der Waals surface area contributed by atoms with Crippen LogP contribution >= 0.6 is 11.6 Å². The maximum atomic E-state index is 12.1. The SMILES string of the molecule is CC(C)(C)OC(=O)N1CC[C@H]1COc1cnc(Cl)c(C#C[Si](C)(C)C)c1. The van der Waals surface area contributed by atoms with Crippen LogP contribution in [0.4, 0.5) is 4.79 Å². The molecule has 0 spiro atoms. The van der Waals surface area contributed by atoms with Gasteiger partial charge in [0.15, 0.2) is 0 Å². The number of ether oxygens (including phenoxy) is 2. The van der Waals surface area contributed by atoms with E-state index in [9.17, 15) is 4.79 Å². The second kappa shape index (κ2) is 7.89. The third-order valence-corrected chi connectivity index (χ3v) is 4.78. The molecule has 1 saturated heterocycles. The molecule has 0 N–H and O–H groups in total. The van der Waals surface area contributed by atoms with Gasteiger partial charge in [-0.15, -0.1) is 5.54 Å². The number of hydrogen-bond donors (Lipinski definition) is 0. The van der Waals surface area contributed by atoms with E-state index in [1.165, 1.54) is 0 Å². The van der Waals surface area contributed by atoms with Crippen molar-refractivity contribution in [2.75, 3.05) is 13.2 Å². The zero-order valence-electron chi connectivity index (χ0n) is 16.4. The van der Waals surface area contributed by atoms with Crippen LogP contribution in [0, 0.1) is 11.5 Å². The number of carbonyl (C=O) groups excluding carboxylic acids is 1. The maximum Gasteiger partial charge on any atom is 0.410 e. The van der Waals surface area contributed by atoms with Crippen molar-refractivity contribution in [2.45, 2.75) is 58.5 Å². The molecule has 1 atom stereocenters. The van der Waals surface area contributed by atoms with Gasteiger partial charge in [0.25, 0.3) is 0 Å². The lowest BCUT2D eigenvalue weighted by Gasteiger charge is -2.40. The lowest BCUT2D eigenvalue weighted by atomic mass is 10.1. The molecule has 2 rings (SSSR count). The molecular formula is C19H27ClN2O3Si. The Morgan fingerprint density at radius 3 is 2.65 bits per heavy atom. The Morgan fingerprint density at radius 1 is 1.42 bits per heavy atom. The van der Waals surface area contributed by atoms with Crippen LogP contribution in [0.5, 0.6) is 5.75 Å². The molecule has 1 aromatic rings. The molecule has 1 aliphatic heterocycles. The largest absolute Gasteiger partial charge is 0.490 e. The minimum Gasteiger partial charge on any atom is -0.490 e. The van der Waals surface area contributed by atoms with Crippen LogP contribution in [0.25, 0.3) is 0 Å². The fraction of sp³-hybridized carbons (Fsp3) is 0.579. The molecule has 0 radical (unpaired) electrons. The van der Waals surface area contributed by atoms with Gasteiger partial charge in [-0.2, -0.15) is 0 Å². The molecule has 2 heterocycles. The molecule has 1 aliphatic rings. The van der Waals surface area contributed by atoms with Crippen molar-refractivity contribution in [3.63, 3.8) is 0 Å². The lowest BCUT2D eigenvalue weighted by Crippen LogP contribution is -2.55. The third-order valence-electron chi connectivity index (χ3n) is 3.60. The van der Waals surface area contributed by atoms with E-state index in [0.717, 1.165) is 6.42 Å². The van der Waals surface area contributed by atoms with Crippen molar-refractivity contribution in [3.05, 3.63) is 23.0 Å². The van der Waals surface area contributed by atoms with E-state index in [4.69, 9.17) is 21.1 Å². The van der Waals surface area contributed by atoms with E-state index in [2.05, 4.69) is 36.1 Å². The minimum atomic E-state index is -1.50. The molecule has 7 heteroatoms. The molecule has 142 valence electrons. The van der Waals surface area contributed by atoms with Crippen LogP contribution in [0.1, 0.15) is 32.8 Å². The Balaban J connectivity index is 1.97. The van der Waals surface area contributed by atoms with Gasteiger partial charge in [0.2, 0.25) is 0 Å². The predicted octanol–water partition coefficient (Wildman–Crippen LogP) is 4.35. The second-order valence-electron chi connectivity index (χ2n) is 8.44. The number of likely N-dealkylation sites (tertiary alicyclic amines) is 1. The molecule has 0 unspecified atom stereocenters. The van der Waals surface area contributed by atoms with Crippen LogP contribution < -0.4 is 4.74 Å². The fourth-order valence-electron chi connectivity index (χ4n) is 2.22. The Bertz CT molecular complexity index is 729. The highest BCUT2D eigenvalue weighted by Gasteiger charge is 2.35. The third kappa shape index (κ3) is 6.22. The van der Waals surface area contributed by atoms with Gasteiger partial charge in [-0.3, -0.25) is 0 Å². The van der Waals surface area contributed by atoms with Crippen molar-refractivity contribution in [2.24, 2.45) is 0 Å². The summed E-state index contributed by atoms with van der Waals surface area (Å²) in [6, 6.07) is 1.82. The van der Waals surface area contributed by atoms with Gasteiger partial charge in [-0.25, -0.2) is 9.78 Å². The zero-order chi connectivity index (χ0) is 19.5. The Labute approximate surface area is 162 Å². The second-order valence-corrected chi connectivity index (χ2v) is 13.5. The van der Waals surface area contributed by atoms with Crippen molar-refractivity contribution in [1.29, 1.82) is 0 Å². The Kier molecular flexibility index (Phi) is 6.25. The summed E-state index contributed by atoms with van der Waals surface area (Å²) in [5.74, 6) is 3.72. The average molecular weight is 395 g/mol. The number of halogens is 1. The van der Waals surface area contributed by atoms with Gasteiger partial charge in [-0.1, -0.05) is 37.2 Å². The summed E-state index contributed by atoms with van der Waals surface area (Å²) in [6.45, 7) is 13.2. The number of carbonyl (C=O) groups is 1. The van der Waals surface area contributed by atoms with E-state index >= 15 is 0 Å². The number of amides is 1. The topological polar surface area (TPSA) is 51.7 Å². The van der Waals surface area contributed by atoms with Crippen molar-refractivity contribution < 1.29 is 14.3 Å². The summed E-state index contributed by atoms with van der Waals surface area (Å²) in [5.41, 5.74) is 3.45. The van der Waals surface area contributed by atoms with Crippen LogP contribution in [-0.4, -0.2) is 48.8 Å². The summed E-state index contributed by atoms with van der Waals surface area (Å²) in [7, 11) is -1.50. The molecule has 1 amide bonds. The first-order chi connectivity index (χ1) is 11.9. The first-order valence-corrected chi connectivity index (χ1v) is 12.6. The molecule has 5 nitrogen and oxygen atoms in total. The van der Waals surface area contributed by atoms with Gasteiger partial charge in [0.1, 0.15) is 31.2 Å². The molecule has 0 aliphatic carbocycles. The quantitative estimate of drug-likeness (QED) is 0.434. The molecule has 1 aromatic heterocycles. The zero-order valence-corrected chi connectivity index (χ0v) is 18.1. The van der Waals surface area contributed by atoms with Gasteiger partial charge in [0, 0.05) is 12.6 Å². The van der Waals surface area contributed by atoms with Crippen molar-refractivity contribution in [1.82, 2.24) is 9.88 Å². The summed E-state index contributed by atoms with van der Waals surface area (Å²) in [6.07, 6.45) is 2.18. The van der Waals surface area contributed by atoms with Crippen molar-refractivity contribution in [3.8, 4) is 17.2 Å². The summed E-state index contributed by atoms with van der Waals surface area (Å²) in [4.78, 5) is 18.0. The minimum absolute atomic E-state index is 0.0112. The number of hydrogen-bond acceptors (Lipinski definition) is 4. The van der Waals surface area contributed by atoms with E-state index in [0.29, 0.717) is 29.6 Å². The number of nitrogens with zero attached hydrogens (tertiary/aromatic N) is 2. The monoisotopic (exact) mass is 394 g/mol. The smallest absolute Gasteiger partial charge is 0.410 e. The highest BCUT2D eigenvalue weighted by Crippen LogP contribution is 2.24. The number of rotatable bonds is 3. The maximum absolute atomic E-state index is 12.1. The Hall–Kier alpha value is -1.71. The van der Waals surface area contributed by atoms with Crippen LogP contribution in [0.2, 0.25) is 24.8 Å². The first kappa shape index (κ1) is 20.6. The lowest BCUT2D eigenvalue weighted by molar-refractivity contribution is -0.0141. The summed E-state index contributed by atoms with van der Waals surface area (Å²) < 4.78 is 11.2. The first-order valence-electron chi connectivity index (χ1n) is 8.76. The van der Waals surface area contributed by atoms with Gasteiger partial charge in [0.05, 0.1) is 17.8 Å². The fourth-order valence-corrected chi connectivity index (χ4v) is 2.88. The van der Waals surface area contributed by atoms with E-state index in [1.54, 1.807) is 17.2 Å². The number of aromatic nitrogens is 1. The molecule has 26 heavy (non-hydrogen) atoms. The highest BCUT2D eigenvalue weighted by molar-refractivity contribution is 6.83. The van der Waals surface area contributed by atoms with Crippen LogP contribution in [-0.2, 0) is 4.74 Å². The van der Waals surface area contributed by atoms with Crippen LogP contribution in [0.15, 0.2) is 12.3 Å². The normalized spacial score (nSPS) is 17.0. The van der Waals surface area contributed by atoms with Gasteiger partial charge in [-0.05, 0) is 27.2 Å². The average Bonchev–Trinajstić information content (AvgIpc) is 2.43. The summed E-state index contributed by atoms with van der Waals surface area (Å²) >= 11 is 6.13. The highest BCUT2D eigenvalue weighted by atomic mass is 35.5. The molecule has 0 saturated carbocycles. The molecule has 0 aromatic carbocycles. The number of pyridine rings is 1. The molecular weight excluding hydrogens is 368 g/mol.